The van der Waals surface area contributed by atoms with Gasteiger partial charge in [0.05, 0.1) is 16.1 Å². The van der Waals surface area contributed by atoms with Crippen molar-refractivity contribution in [2.45, 2.75) is 0 Å². The van der Waals surface area contributed by atoms with Crippen LogP contribution in [0.2, 0.25) is 0 Å². The van der Waals surface area contributed by atoms with Crippen molar-refractivity contribution < 1.29 is 8.83 Å². The van der Waals surface area contributed by atoms with Gasteiger partial charge in [-0.15, -0.1) is 11.3 Å². The number of furan rings is 1. The molecule has 0 aliphatic carbocycles. The molecule has 6 heteroatoms. The second kappa shape index (κ2) is 13.5. The summed E-state index contributed by atoms with van der Waals surface area (Å²) in [4.78, 5) is 9.99. The molecule has 278 valence electrons. The molecule has 0 amide bonds. The Balaban J connectivity index is 1.18. The monoisotopic (exact) mass is 775 g/mol. The smallest absolute Gasteiger partial charge is 0.227 e. The lowest BCUT2D eigenvalue weighted by Crippen LogP contribution is -2.14. The lowest BCUT2D eigenvalue weighted by atomic mass is 10.0. The predicted molar refractivity (Wildman–Crippen MR) is 246 cm³/mol. The van der Waals surface area contributed by atoms with Crippen LogP contribution in [0.25, 0.3) is 75.4 Å². The maximum absolute atomic E-state index is 6.53. The van der Waals surface area contributed by atoms with Crippen molar-refractivity contribution in [3.05, 3.63) is 200 Å². The van der Waals surface area contributed by atoms with E-state index in [2.05, 4.69) is 168 Å². The Labute approximate surface area is 343 Å². The largest absolute Gasteiger partial charge is 0.456 e. The predicted octanol–water partition coefficient (Wildman–Crippen LogP) is 15.9. The molecule has 5 nitrogen and oxygen atoms in total. The third-order valence-corrected chi connectivity index (χ3v) is 12.5. The van der Waals surface area contributed by atoms with Crippen LogP contribution >= 0.6 is 11.3 Å². The summed E-state index contributed by atoms with van der Waals surface area (Å²) in [6, 6.07) is 70.3. The number of hydrogen-bond acceptors (Lipinski definition) is 6. The van der Waals surface area contributed by atoms with E-state index in [1.807, 2.05) is 53.8 Å². The molecule has 59 heavy (non-hydrogen) atoms. The number of rotatable bonds is 7. The quantitative estimate of drug-likeness (QED) is 0.161. The van der Waals surface area contributed by atoms with Gasteiger partial charge in [0.25, 0.3) is 0 Å². The first kappa shape index (κ1) is 33.5. The van der Waals surface area contributed by atoms with Gasteiger partial charge in [-0.05, 0) is 97.1 Å². The van der Waals surface area contributed by atoms with Crippen molar-refractivity contribution in [1.82, 2.24) is 4.98 Å². The van der Waals surface area contributed by atoms with Gasteiger partial charge < -0.3 is 18.6 Å². The molecule has 0 unspecified atom stereocenters. The van der Waals surface area contributed by atoms with Crippen LogP contribution in [0.5, 0.6) is 0 Å². The molecule has 0 saturated heterocycles. The second-order valence-corrected chi connectivity index (χ2v) is 15.8. The number of thiophene rings is 1. The zero-order valence-corrected chi connectivity index (χ0v) is 32.4. The highest BCUT2D eigenvalue weighted by Gasteiger charge is 2.25. The van der Waals surface area contributed by atoms with Crippen molar-refractivity contribution in [3.8, 4) is 11.5 Å². The van der Waals surface area contributed by atoms with Gasteiger partial charge in [0.15, 0.2) is 5.58 Å². The molecule has 3 aromatic heterocycles. The number of anilines is 6. The highest BCUT2D eigenvalue weighted by Crippen LogP contribution is 2.49. The molecule has 0 radical (unpaired) electrons. The van der Waals surface area contributed by atoms with Crippen LogP contribution in [0.1, 0.15) is 0 Å². The van der Waals surface area contributed by atoms with Gasteiger partial charge in [0.1, 0.15) is 16.7 Å². The van der Waals surface area contributed by atoms with Crippen molar-refractivity contribution in [2.24, 2.45) is 0 Å². The zero-order chi connectivity index (χ0) is 38.9. The maximum atomic E-state index is 6.53. The average molecular weight is 776 g/mol. The van der Waals surface area contributed by atoms with E-state index >= 15 is 0 Å². The van der Waals surface area contributed by atoms with Gasteiger partial charge >= 0.3 is 0 Å². The van der Waals surface area contributed by atoms with E-state index in [1.165, 1.54) is 20.2 Å². The standard InChI is InChI=1S/C53H33N3O2S/c1-4-15-34(16-5-1)53-54-51-44-32-38(56(36-19-8-3-9-20-36)45-24-14-23-42-41-22-11-13-26-50(41)59-52(42)45)33-46(39(44)28-30-49(51)58-53)55(35-17-6-2-7-18-35)37-27-29-48-43(31-37)40-21-10-12-25-47(40)57-48/h1-33H. The number of hydrogen-bond donors (Lipinski definition) is 0. The third-order valence-electron chi connectivity index (χ3n) is 11.2. The Morgan fingerprint density at radius 2 is 1.00 bits per heavy atom. The van der Waals surface area contributed by atoms with E-state index in [4.69, 9.17) is 13.8 Å². The summed E-state index contributed by atoms with van der Waals surface area (Å²) in [5, 5.41) is 6.68. The molecule has 0 bridgehead atoms. The molecule has 3 heterocycles. The Morgan fingerprint density at radius 3 is 1.80 bits per heavy atom. The number of benzene rings is 9. The van der Waals surface area contributed by atoms with Crippen LogP contribution < -0.4 is 9.80 Å². The van der Waals surface area contributed by atoms with Crippen LogP contribution in [0, 0.1) is 0 Å². The lowest BCUT2D eigenvalue weighted by Gasteiger charge is -2.31. The Bertz CT molecular complexity index is 3520. The number of fused-ring (bicyclic) bond motifs is 9. The molecule has 12 rings (SSSR count). The molecule has 0 fully saturated rings. The normalized spacial score (nSPS) is 11.7. The fourth-order valence-electron chi connectivity index (χ4n) is 8.58. The first-order valence-corrected chi connectivity index (χ1v) is 20.5. The van der Waals surface area contributed by atoms with E-state index in [1.54, 1.807) is 0 Å². The van der Waals surface area contributed by atoms with E-state index < -0.39 is 0 Å². The molecule has 12 aromatic rings. The topological polar surface area (TPSA) is 45.7 Å². The minimum Gasteiger partial charge on any atom is -0.456 e. The number of aromatic nitrogens is 1. The van der Waals surface area contributed by atoms with Gasteiger partial charge in [-0.25, -0.2) is 4.98 Å². The summed E-state index contributed by atoms with van der Waals surface area (Å²) in [5.41, 5.74) is 10.4. The molecule has 0 saturated carbocycles. The number of para-hydroxylation sites is 3. The van der Waals surface area contributed by atoms with Crippen molar-refractivity contribution in [3.63, 3.8) is 0 Å². The molecular formula is C53H33N3O2S. The number of nitrogens with zero attached hydrogens (tertiary/aromatic N) is 3. The van der Waals surface area contributed by atoms with Crippen molar-refractivity contribution in [2.75, 3.05) is 9.80 Å². The zero-order valence-electron chi connectivity index (χ0n) is 31.6. The minimum absolute atomic E-state index is 0.590. The van der Waals surface area contributed by atoms with Crippen LogP contribution in [-0.4, -0.2) is 4.98 Å². The molecule has 0 spiro atoms. The molecule has 9 aromatic carbocycles. The molecule has 0 aliphatic heterocycles. The summed E-state index contributed by atoms with van der Waals surface area (Å²) in [6.07, 6.45) is 0. The fraction of sp³-hybridized carbons (Fsp3) is 0. The average Bonchev–Trinajstić information content (AvgIpc) is 4.02. The Morgan fingerprint density at radius 1 is 0.373 bits per heavy atom. The summed E-state index contributed by atoms with van der Waals surface area (Å²) >= 11 is 1.83. The summed E-state index contributed by atoms with van der Waals surface area (Å²) in [6.45, 7) is 0. The van der Waals surface area contributed by atoms with Crippen LogP contribution in [0.4, 0.5) is 34.1 Å². The van der Waals surface area contributed by atoms with E-state index in [9.17, 15) is 0 Å². The van der Waals surface area contributed by atoms with Crippen LogP contribution in [0.15, 0.2) is 209 Å². The maximum Gasteiger partial charge on any atom is 0.227 e. The third kappa shape index (κ3) is 5.49. The summed E-state index contributed by atoms with van der Waals surface area (Å²) in [5.74, 6) is 0.590. The van der Waals surface area contributed by atoms with E-state index in [0.29, 0.717) is 5.89 Å². The Kier molecular flexibility index (Phi) is 7.64. The number of oxazole rings is 1. The first-order chi connectivity index (χ1) is 29.2. The molecule has 0 aliphatic rings. The lowest BCUT2D eigenvalue weighted by molar-refractivity contribution is 0.620. The molecule has 0 atom stereocenters. The van der Waals surface area contributed by atoms with Crippen molar-refractivity contribution in [1.29, 1.82) is 0 Å². The first-order valence-electron chi connectivity index (χ1n) is 19.7. The Hall–Kier alpha value is -7.67. The van der Waals surface area contributed by atoms with Gasteiger partial charge in [0, 0.05) is 65.3 Å². The van der Waals surface area contributed by atoms with Crippen LogP contribution in [-0.2, 0) is 0 Å². The molecule has 0 N–H and O–H groups in total. The van der Waals surface area contributed by atoms with Gasteiger partial charge in [-0.3, -0.25) is 0 Å². The highest BCUT2D eigenvalue weighted by atomic mass is 32.1. The SMILES string of the molecule is c1ccc(-c2nc3c(ccc4c(N(c5ccccc5)c5ccc6oc7ccccc7c6c5)cc(N(c5ccccc5)c5cccc6c5sc5ccccc56)cc43)o2)cc1. The van der Waals surface area contributed by atoms with Gasteiger partial charge in [0.2, 0.25) is 5.89 Å². The van der Waals surface area contributed by atoms with Gasteiger partial charge in [-0.2, -0.15) is 0 Å². The second-order valence-electron chi connectivity index (χ2n) is 14.7. The fourth-order valence-corrected chi connectivity index (χ4v) is 9.79. The van der Waals surface area contributed by atoms with Gasteiger partial charge in [-0.1, -0.05) is 103 Å². The van der Waals surface area contributed by atoms with E-state index in [-0.39, 0.29) is 0 Å². The minimum atomic E-state index is 0.590. The van der Waals surface area contributed by atoms with Crippen molar-refractivity contribution >= 4 is 109 Å². The van der Waals surface area contributed by atoms with Crippen LogP contribution in [0.3, 0.4) is 0 Å². The summed E-state index contributed by atoms with van der Waals surface area (Å²) in [7, 11) is 0. The highest BCUT2D eigenvalue weighted by molar-refractivity contribution is 7.26. The molecular weight excluding hydrogens is 743 g/mol. The van der Waals surface area contributed by atoms with E-state index in [0.717, 1.165) is 83.5 Å². The summed E-state index contributed by atoms with van der Waals surface area (Å²) < 4.78 is 15.3.